The van der Waals surface area contributed by atoms with Crippen LogP contribution in [0.25, 0.3) is 0 Å². The van der Waals surface area contributed by atoms with Crippen LogP contribution in [0.4, 0.5) is 4.79 Å². The molecule has 1 aromatic carbocycles. The maximum atomic E-state index is 11.6. The number of carbonyl (C=O) groups is 1. The van der Waals surface area contributed by atoms with E-state index in [0.29, 0.717) is 19.6 Å². The summed E-state index contributed by atoms with van der Waals surface area (Å²) in [6.45, 7) is 6.00. The summed E-state index contributed by atoms with van der Waals surface area (Å²) in [6, 6.07) is 9.71. The number of nitrogens with two attached hydrogens (primary N) is 1. The third kappa shape index (κ3) is 5.68. The molecule has 4 nitrogen and oxygen atoms in total. The Morgan fingerprint density at radius 2 is 1.89 bits per heavy atom. The third-order valence-corrected chi connectivity index (χ3v) is 2.84. The highest BCUT2D eigenvalue weighted by Crippen LogP contribution is 2.17. The molecular weight excluding hydrogens is 226 g/mol. The van der Waals surface area contributed by atoms with Crippen LogP contribution >= 0.6 is 0 Å². The molecule has 4 N–H and O–H groups in total. The number of hydrogen-bond donors (Lipinski definition) is 3. The van der Waals surface area contributed by atoms with E-state index in [1.165, 1.54) is 0 Å². The molecule has 1 rings (SSSR count). The van der Waals surface area contributed by atoms with Gasteiger partial charge in [-0.25, -0.2) is 4.79 Å². The standard InChI is InChI=1S/C14H23N3O/c1-14(2,8-9-15)11-17-13(18)16-10-12-6-4-3-5-7-12/h3-7H,8-11,15H2,1-2H3,(H2,16,17,18). The fraction of sp³-hybridized carbons (Fsp3) is 0.500. The maximum absolute atomic E-state index is 11.6. The van der Waals surface area contributed by atoms with E-state index in [9.17, 15) is 4.79 Å². The lowest BCUT2D eigenvalue weighted by Gasteiger charge is -2.24. The monoisotopic (exact) mass is 249 g/mol. The van der Waals surface area contributed by atoms with Gasteiger partial charge in [-0.3, -0.25) is 0 Å². The topological polar surface area (TPSA) is 67.1 Å². The molecule has 0 aliphatic heterocycles. The summed E-state index contributed by atoms with van der Waals surface area (Å²) in [4.78, 5) is 11.6. The van der Waals surface area contributed by atoms with Crippen LogP contribution in [-0.2, 0) is 6.54 Å². The minimum atomic E-state index is -0.135. The first-order valence-electron chi connectivity index (χ1n) is 6.29. The Bertz CT molecular complexity index is 363. The Morgan fingerprint density at radius 3 is 2.50 bits per heavy atom. The molecule has 0 saturated carbocycles. The molecule has 18 heavy (non-hydrogen) atoms. The van der Waals surface area contributed by atoms with Crippen molar-refractivity contribution in [3.05, 3.63) is 35.9 Å². The maximum Gasteiger partial charge on any atom is 0.315 e. The van der Waals surface area contributed by atoms with Gasteiger partial charge in [-0.2, -0.15) is 0 Å². The second-order valence-corrected chi connectivity index (χ2v) is 5.22. The Labute approximate surface area is 109 Å². The van der Waals surface area contributed by atoms with E-state index in [1.807, 2.05) is 30.3 Å². The second-order valence-electron chi connectivity index (χ2n) is 5.22. The van der Waals surface area contributed by atoms with E-state index in [0.717, 1.165) is 12.0 Å². The van der Waals surface area contributed by atoms with E-state index >= 15 is 0 Å². The highest BCUT2D eigenvalue weighted by atomic mass is 16.2. The van der Waals surface area contributed by atoms with Gasteiger partial charge in [0.2, 0.25) is 0 Å². The highest BCUT2D eigenvalue weighted by molar-refractivity contribution is 5.73. The van der Waals surface area contributed by atoms with Crippen LogP contribution in [0.2, 0.25) is 0 Å². The molecule has 0 aromatic heterocycles. The third-order valence-electron chi connectivity index (χ3n) is 2.84. The Balaban J connectivity index is 2.26. The van der Waals surface area contributed by atoms with Crippen molar-refractivity contribution in [2.45, 2.75) is 26.8 Å². The van der Waals surface area contributed by atoms with Gasteiger partial charge in [0.25, 0.3) is 0 Å². The van der Waals surface area contributed by atoms with Crippen molar-refractivity contribution in [2.75, 3.05) is 13.1 Å². The largest absolute Gasteiger partial charge is 0.338 e. The van der Waals surface area contributed by atoms with Gasteiger partial charge in [-0.1, -0.05) is 44.2 Å². The molecule has 0 bridgehead atoms. The number of amides is 2. The van der Waals surface area contributed by atoms with Gasteiger partial charge in [0, 0.05) is 13.1 Å². The number of hydrogen-bond acceptors (Lipinski definition) is 2. The van der Waals surface area contributed by atoms with Crippen molar-refractivity contribution >= 4 is 6.03 Å². The lowest BCUT2D eigenvalue weighted by Crippen LogP contribution is -2.41. The predicted octanol–water partition coefficient (Wildman–Crippen LogP) is 1.86. The van der Waals surface area contributed by atoms with Crippen LogP contribution < -0.4 is 16.4 Å². The smallest absolute Gasteiger partial charge is 0.315 e. The minimum absolute atomic E-state index is 0.0405. The van der Waals surface area contributed by atoms with E-state index in [1.54, 1.807) is 0 Å². The number of carbonyl (C=O) groups excluding carboxylic acids is 1. The van der Waals surface area contributed by atoms with Gasteiger partial charge in [-0.15, -0.1) is 0 Å². The SMILES string of the molecule is CC(C)(CCN)CNC(=O)NCc1ccccc1. The predicted molar refractivity (Wildman–Crippen MR) is 74.1 cm³/mol. The zero-order chi connectivity index (χ0) is 13.4. The van der Waals surface area contributed by atoms with Crippen molar-refractivity contribution in [3.8, 4) is 0 Å². The first-order valence-corrected chi connectivity index (χ1v) is 6.29. The summed E-state index contributed by atoms with van der Waals surface area (Å²) in [5.41, 5.74) is 6.66. The highest BCUT2D eigenvalue weighted by Gasteiger charge is 2.17. The van der Waals surface area contributed by atoms with Gasteiger partial charge in [0.1, 0.15) is 0 Å². The molecule has 1 aromatic rings. The number of urea groups is 1. The molecule has 100 valence electrons. The zero-order valence-corrected chi connectivity index (χ0v) is 11.2. The van der Waals surface area contributed by atoms with Crippen molar-refractivity contribution in [2.24, 2.45) is 11.1 Å². The molecule has 4 heteroatoms. The van der Waals surface area contributed by atoms with Crippen molar-refractivity contribution in [1.29, 1.82) is 0 Å². The quantitative estimate of drug-likeness (QED) is 0.720. The van der Waals surface area contributed by atoms with Crippen molar-refractivity contribution in [1.82, 2.24) is 10.6 Å². The van der Waals surface area contributed by atoms with Crippen LogP contribution in [-0.4, -0.2) is 19.1 Å². The zero-order valence-electron chi connectivity index (χ0n) is 11.2. The molecular formula is C14H23N3O. The summed E-state index contributed by atoms with van der Waals surface area (Å²) in [5, 5.41) is 5.70. The average molecular weight is 249 g/mol. The minimum Gasteiger partial charge on any atom is -0.338 e. The van der Waals surface area contributed by atoms with E-state index in [2.05, 4.69) is 24.5 Å². The first-order chi connectivity index (χ1) is 8.53. The summed E-state index contributed by atoms with van der Waals surface area (Å²) in [6.07, 6.45) is 0.895. The molecule has 0 atom stereocenters. The Kier molecular flexibility index (Phi) is 5.65. The molecule has 0 spiro atoms. The molecule has 0 heterocycles. The molecule has 0 unspecified atom stereocenters. The fourth-order valence-electron chi connectivity index (χ4n) is 1.64. The van der Waals surface area contributed by atoms with Crippen molar-refractivity contribution in [3.63, 3.8) is 0 Å². The van der Waals surface area contributed by atoms with Crippen LogP contribution in [0.3, 0.4) is 0 Å². The Hall–Kier alpha value is -1.55. The normalized spacial score (nSPS) is 11.1. The molecule has 0 saturated heterocycles. The molecule has 0 aliphatic carbocycles. The van der Waals surface area contributed by atoms with E-state index in [-0.39, 0.29) is 11.4 Å². The number of rotatable bonds is 6. The van der Waals surface area contributed by atoms with Gasteiger partial charge >= 0.3 is 6.03 Å². The molecule has 2 amide bonds. The number of benzene rings is 1. The summed E-state index contributed by atoms with van der Waals surface area (Å²) in [7, 11) is 0. The van der Waals surface area contributed by atoms with Crippen LogP contribution in [0.5, 0.6) is 0 Å². The molecule has 0 aliphatic rings. The van der Waals surface area contributed by atoms with Crippen LogP contribution in [0, 0.1) is 5.41 Å². The first kappa shape index (κ1) is 14.5. The lowest BCUT2D eigenvalue weighted by atomic mass is 9.89. The summed E-state index contributed by atoms with van der Waals surface area (Å²) < 4.78 is 0. The number of nitrogens with one attached hydrogen (secondary N) is 2. The molecule has 0 radical (unpaired) electrons. The van der Waals surface area contributed by atoms with E-state index < -0.39 is 0 Å². The van der Waals surface area contributed by atoms with Gasteiger partial charge in [0.05, 0.1) is 0 Å². The summed E-state index contributed by atoms with van der Waals surface area (Å²) in [5.74, 6) is 0. The van der Waals surface area contributed by atoms with Gasteiger partial charge in [-0.05, 0) is 23.9 Å². The van der Waals surface area contributed by atoms with Crippen LogP contribution in [0.1, 0.15) is 25.8 Å². The van der Waals surface area contributed by atoms with Crippen molar-refractivity contribution < 1.29 is 4.79 Å². The molecule has 0 fully saturated rings. The summed E-state index contributed by atoms with van der Waals surface area (Å²) >= 11 is 0. The van der Waals surface area contributed by atoms with Crippen LogP contribution in [0.15, 0.2) is 30.3 Å². The van der Waals surface area contributed by atoms with Gasteiger partial charge in [0.15, 0.2) is 0 Å². The van der Waals surface area contributed by atoms with Gasteiger partial charge < -0.3 is 16.4 Å². The Morgan fingerprint density at radius 1 is 1.22 bits per heavy atom. The second kappa shape index (κ2) is 7.01. The lowest BCUT2D eigenvalue weighted by molar-refractivity contribution is 0.232. The fourth-order valence-corrected chi connectivity index (χ4v) is 1.64. The van der Waals surface area contributed by atoms with E-state index in [4.69, 9.17) is 5.73 Å². The average Bonchev–Trinajstić information content (AvgIpc) is 2.35.